The van der Waals surface area contributed by atoms with Crippen LogP contribution in [-0.4, -0.2) is 95.4 Å². The number of hydrogen-bond donors (Lipinski definition) is 2. The van der Waals surface area contributed by atoms with Crippen molar-refractivity contribution in [1.29, 1.82) is 0 Å². The van der Waals surface area contributed by atoms with Crippen molar-refractivity contribution in [1.82, 2.24) is 9.80 Å². The van der Waals surface area contributed by atoms with Crippen molar-refractivity contribution in [3.63, 3.8) is 0 Å². The van der Waals surface area contributed by atoms with Crippen LogP contribution in [0.5, 0.6) is 0 Å². The van der Waals surface area contributed by atoms with E-state index in [-0.39, 0.29) is 47.7 Å². The second-order valence-electron chi connectivity index (χ2n) is 16.3. The highest BCUT2D eigenvalue weighted by atomic mass is 16.5. The summed E-state index contributed by atoms with van der Waals surface area (Å²) in [5.41, 5.74) is 1.95. The Morgan fingerprint density at radius 1 is 0.629 bits per heavy atom. The number of ether oxygens (including phenoxy) is 2. The molecule has 0 radical (unpaired) electrons. The second kappa shape index (κ2) is 30.0. The Labute approximate surface area is 371 Å². The van der Waals surface area contributed by atoms with E-state index in [1.54, 1.807) is 0 Å². The summed E-state index contributed by atoms with van der Waals surface area (Å²) in [7, 11) is 2.82. The zero-order valence-corrected chi connectivity index (χ0v) is 37.5. The minimum atomic E-state index is -0.582. The summed E-state index contributed by atoms with van der Waals surface area (Å²) in [6.45, 7) is 5.42. The van der Waals surface area contributed by atoms with E-state index in [0.29, 0.717) is 38.5 Å². The zero-order chi connectivity index (χ0) is 45.0. The van der Waals surface area contributed by atoms with Gasteiger partial charge >= 0.3 is 11.9 Å². The van der Waals surface area contributed by atoms with Crippen molar-refractivity contribution in [2.24, 2.45) is 11.8 Å². The number of rotatable bonds is 22. The molecular weight excluding hydrogens is 781 g/mol. The lowest BCUT2D eigenvalue weighted by Gasteiger charge is -2.23. The number of benzene rings is 2. The number of hydrogen-bond acceptors (Lipinski definition) is 8. The minimum Gasteiger partial charge on any atom is -0.469 e. The third-order valence-electron chi connectivity index (χ3n) is 11.4. The van der Waals surface area contributed by atoms with Gasteiger partial charge < -0.3 is 29.5 Å². The molecular formula is C52H70N2O8. The molecule has 6 atom stereocenters. The number of aliphatic hydroxyl groups is 2. The number of unbranched alkanes of at least 4 members (excludes halogenated alkanes) is 6. The molecule has 0 saturated carbocycles. The molecule has 336 valence electrons. The van der Waals surface area contributed by atoms with Crippen molar-refractivity contribution in [3.8, 4) is 23.7 Å². The van der Waals surface area contributed by atoms with Crippen molar-refractivity contribution in [2.45, 2.75) is 141 Å². The maximum absolute atomic E-state index is 12.2. The largest absolute Gasteiger partial charge is 0.469 e. The molecule has 62 heavy (non-hydrogen) atoms. The van der Waals surface area contributed by atoms with Crippen LogP contribution in [0.2, 0.25) is 0 Å². The van der Waals surface area contributed by atoms with Crippen LogP contribution in [-0.2, 0) is 28.7 Å². The summed E-state index contributed by atoms with van der Waals surface area (Å²) >= 11 is 0. The highest BCUT2D eigenvalue weighted by Crippen LogP contribution is 2.23. The number of aliphatic hydroxyl groups excluding tert-OH is 2. The fourth-order valence-electron chi connectivity index (χ4n) is 7.28. The molecule has 2 saturated heterocycles. The smallest absolute Gasteiger partial charge is 0.305 e. The van der Waals surface area contributed by atoms with Crippen LogP contribution >= 0.6 is 0 Å². The summed E-state index contributed by atoms with van der Waals surface area (Å²) in [6.07, 6.45) is 18.6. The number of amides is 2. The molecule has 4 rings (SSSR count). The molecule has 0 spiro atoms. The predicted molar refractivity (Wildman–Crippen MR) is 244 cm³/mol. The van der Waals surface area contributed by atoms with E-state index in [2.05, 4.69) is 33.2 Å². The molecule has 2 unspecified atom stereocenters. The fraction of sp³-hybridized carbons (Fsp3) is 0.538. The standard InChI is InChI=1S/2C26H35NO4/c2*1-21(11-10-14-22-12-6-5-7-13-22)24(28)18-16-23-17-19-25(29)27(23)20-9-4-3-8-15-26(30)31-2/h2*5-7,12-13,16,18,21,23-24,28H,3-4,8-9,11,15,17,19-20H2,1-2H3/b2*18-16+/t21?,23-,24+;21?,23-,24-/m00/s1. The van der Waals surface area contributed by atoms with Gasteiger partial charge in [0.2, 0.25) is 11.8 Å². The van der Waals surface area contributed by atoms with Gasteiger partial charge in [0.1, 0.15) is 0 Å². The maximum atomic E-state index is 12.2. The van der Waals surface area contributed by atoms with Gasteiger partial charge in [-0.3, -0.25) is 19.2 Å². The first-order valence-electron chi connectivity index (χ1n) is 22.6. The van der Waals surface area contributed by atoms with Crippen LogP contribution in [0, 0.1) is 35.5 Å². The van der Waals surface area contributed by atoms with Gasteiger partial charge in [-0.2, -0.15) is 0 Å². The Morgan fingerprint density at radius 2 is 1.00 bits per heavy atom. The SMILES string of the molecule is COC(=O)CCCCCCN1C(=O)CC[C@@H]1/C=C/[C@@H](O)C(C)CC#Cc1ccccc1.COC(=O)CCCCCCN1C(=O)CC[C@@H]1/C=C/[C@H](O)C(C)CC#Cc1ccccc1. The van der Waals surface area contributed by atoms with Crippen molar-refractivity contribution >= 4 is 23.8 Å². The van der Waals surface area contributed by atoms with E-state index in [0.717, 1.165) is 88.4 Å². The van der Waals surface area contributed by atoms with Crippen molar-refractivity contribution in [3.05, 3.63) is 96.1 Å². The van der Waals surface area contributed by atoms with Gasteiger partial charge in [-0.15, -0.1) is 0 Å². The fourth-order valence-corrected chi connectivity index (χ4v) is 7.28. The van der Waals surface area contributed by atoms with Gasteiger partial charge in [-0.05, 0) is 74.6 Å². The Balaban J connectivity index is 0.000000330. The average Bonchev–Trinajstić information content (AvgIpc) is 3.83. The lowest BCUT2D eigenvalue weighted by molar-refractivity contribution is -0.141. The molecule has 10 heteroatoms. The summed E-state index contributed by atoms with van der Waals surface area (Å²) in [6, 6.07) is 19.8. The van der Waals surface area contributed by atoms with E-state index in [1.165, 1.54) is 14.2 Å². The Hall–Kier alpha value is -5.16. The van der Waals surface area contributed by atoms with Crippen LogP contribution in [0.3, 0.4) is 0 Å². The quantitative estimate of drug-likeness (QED) is 0.0525. The molecule has 2 amide bonds. The molecule has 0 aliphatic carbocycles. The van der Waals surface area contributed by atoms with Crippen LogP contribution in [0.25, 0.3) is 0 Å². The van der Waals surface area contributed by atoms with E-state index < -0.39 is 12.2 Å². The molecule has 2 aliphatic rings. The third kappa shape index (κ3) is 20.1. The van der Waals surface area contributed by atoms with E-state index in [1.807, 2.05) is 109 Å². The summed E-state index contributed by atoms with van der Waals surface area (Å²) in [5, 5.41) is 20.9. The van der Waals surface area contributed by atoms with Crippen molar-refractivity contribution < 1.29 is 38.9 Å². The highest BCUT2D eigenvalue weighted by Gasteiger charge is 2.30. The minimum absolute atomic E-state index is 0.0211. The van der Waals surface area contributed by atoms with Gasteiger partial charge in [0, 0.05) is 62.7 Å². The first kappa shape index (κ1) is 51.2. The van der Waals surface area contributed by atoms with Gasteiger partial charge in [-0.25, -0.2) is 0 Å². The molecule has 2 aromatic rings. The first-order chi connectivity index (χ1) is 30.0. The van der Waals surface area contributed by atoms with Crippen LogP contribution in [0.1, 0.15) is 128 Å². The number of esters is 2. The van der Waals surface area contributed by atoms with Crippen LogP contribution < -0.4 is 0 Å². The number of carbonyl (C=O) groups is 4. The highest BCUT2D eigenvalue weighted by molar-refractivity contribution is 5.79. The Morgan fingerprint density at radius 3 is 1.37 bits per heavy atom. The second-order valence-corrected chi connectivity index (χ2v) is 16.3. The molecule has 10 nitrogen and oxygen atoms in total. The normalized spacial score (nSPS) is 18.0. The topological polar surface area (TPSA) is 134 Å². The maximum Gasteiger partial charge on any atom is 0.305 e. The molecule has 2 fully saturated rings. The summed E-state index contributed by atoms with van der Waals surface area (Å²) < 4.78 is 9.29. The zero-order valence-electron chi connectivity index (χ0n) is 37.5. The molecule has 0 bridgehead atoms. The molecule has 2 aromatic carbocycles. The van der Waals surface area contributed by atoms with Gasteiger partial charge in [0.05, 0.1) is 38.5 Å². The van der Waals surface area contributed by atoms with E-state index >= 15 is 0 Å². The van der Waals surface area contributed by atoms with Crippen molar-refractivity contribution in [2.75, 3.05) is 27.3 Å². The molecule has 2 N–H and O–H groups in total. The lowest BCUT2D eigenvalue weighted by atomic mass is 9.99. The number of likely N-dealkylation sites (tertiary alicyclic amines) is 2. The Kier molecular flexibility index (Phi) is 24.8. The molecule has 2 aliphatic heterocycles. The van der Waals surface area contributed by atoms with E-state index in [9.17, 15) is 29.4 Å². The summed E-state index contributed by atoms with van der Waals surface area (Å²) in [4.78, 5) is 50.6. The van der Waals surface area contributed by atoms with Gasteiger partial charge in [0.25, 0.3) is 0 Å². The Bertz CT molecular complexity index is 1690. The monoisotopic (exact) mass is 851 g/mol. The summed E-state index contributed by atoms with van der Waals surface area (Å²) in [5.74, 6) is 12.6. The van der Waals surface area contributed by atoms with Gasteiger partial charge in [0.15, 0.2) is 0 Å². The average molecular weight is 851 g/mol. The van der Waals surface area contributed by atoms with Gasteiger partial charge in [-0.1, -0.05) is 124 Å². The number of carbonyl (C=O) groups excluding carboxylic acids is 4. The van der Waals surface area contributed by atoms with E-state index in [4.69, 9.17) is 0 Å². The van der Waals surface area contributed by atoms with Crippen LogP contribution in [0.15, 0.2) is 85.0 Å². The molecule has 2 heterocycles. The first-order valence-corrected chi connectivity index (χ1v) is 22.6. The van der Waals surface area contributed by atoms with Crippen LogP contribution in [0.4, 0.5) is 0 Å². The lowest BCUT2D eigenvalue weighted by Crippen LogP contribution is -2.33. The number of methoxy groups -OCH3 is 2. The predicted octanol–water partition coefficient (Wildman–Crippen LogP) is 8.19. The third-order valence-corrected chi connectivity index (χ3v) is 11.4. The number of nitrogens with zero attached hydrogens (tertiary/aromatic N) is 2. The molecule has 0 aromatic heterocycles.